The Morgan fingerprint density at radius 2 is 1.88 bits per heavy atom. The standard InChI is InChI=1S/C20H30N6/c1-5-25-10-12-26(13-11-25)15(2)14-22-19-16(3)17(4)23-20(24-19)18-8-6-7-9-21-18/h6-9,15H,5,10-14H2,1-4H3,(H,22,23,24). The van der Waals surface area contributed by atoms with Gasteiger partial charge in [0.25, 0.3) is 0 Å². The molecular weight excluding hydrogens is 324 g/mol. The normalized spacial score (nSPS) is 17.2. The van der Waals surface area contributed by atoms with Gasteiger partial charge in [0.2, 0.25) is 0 Å². The highest BCUT2D eigenvalue weighted by molar-refractivity contribution is 5.56. The van der Waals surface area contributed by atoms with Gasteiger partial charge in [-0.15, -0.1) is 0 Å². The molecule has 1 atom stereocenters. The van der Waals surface area contributed by atoms with Crippen LogP contribution >= 0.6 is 0 Å². The summed E-state index contributed by atoms with van der Waals surface area (Å²) in [4.78, 5) is 18.8. The van der Waals surface area contributed by atoms with Gasteiger partial charge in [0.05, 0.1) is 0 Å². The molecule has 0 radical (unpaired) electrons. The minimum Gasteiger partial charge on any atom is -0.368 e. The van der Waals surface area contributed by atoms with Crippen LogP contribution in [0.15, 0.2) is 24.4 Å². The fraction of sp³-hybridized carbons (Fsp3) is 0.550. The highest BCUT2D eigenvalue weighted by Crippen LogP contribution is 2.20. The molecule has 1 saturated heterocycles. The zero-order valence-electron chi connectivity index (χ0n) is 16.4. The van der Waals surface area contributed by atoms with Crippen LogP contribution in [0.2, 0.25) is 0 Å². The summed E-state index contributed by atoms with van der Waals surface area (Å²) in [5.41, 5.74) is 2.91. The summed E-state index contributed by atoms with van der Waals surface area (Å²) >= 11 is 0. The first-order chi connectivity index (χ1) is 12.6. The summed E-state index contributed by atoms with van der Waals surface area (Å²) in [6.45, 7) is 15.3. The lowest BCUT2D eigenvalue weighted by molar-refractivity contribution is 0.110. The highest BCUT2D eigenvalue weighted by Gasteiger charge is 2.20. The van der Waals surface area contributed by atoms with Crippen molar-refractivity contribution in [3.63, 3.8) is 0 Å². The molecule has 1 fully saturated rings. The largest absolute Gasteiger partial charge is 0.368 e. The van der Waals surface area contributed by atoms with Crippen molar-refractivity contribution in [1.29, 1.82) is 0 Å². The number of piperazine rings is 1. The van der Waals surface area contributed by atoms with Gasteiger partial charge >= 0.3 is 0 Å². The number of pyridine rings is 1. The van der Waals surface area contributed by atoms with Gasteiger partial charge < -0.3 is 10.2 Å². The van der Waals surface area contributed by atoms with E-state index in [0.29, 0.717) is 11.9 Å². The van der Waals surface area contributed by atoms with Crippen LogP contribution in [0.3, 0.4) is 0 Å². The van der Waals surface area contributed by atoms with Gasteiger partial charge in [-0.25, -0.2) is 9.97 Å². The number of hydrogen-bond donors (Lipinski definition) is 1. The van der Waals surface area contributed by atoms with Crippen molar-refractivity contribution in [3.8, 4) is 11.5 Å². The lowest BCUT2D eigenvalue weighted by Gasteiger charge is -2.37. The molecule has 0 amide bonds. The molecule has 1 aliphatic rings. The van der Waals surface area contributed by atoms with Gasteiger partial charge in [-0.05, 0) is 39.4 Å². The van der Waals surface area contributed by atoms with Crippen molar-refractivity contribution in [2.45, 2.75) is 33.7 Å². The van der Waals surface area contributed by atoms with Gasteiger partial charge in [0, 0.05) is 56.2 Å². The number of nitrogens with one attached hydrogen (secondary N) is 1. The molecule has 1 unspecified atom stereocenters. The summed E-state index contributed by atoms with van der Waals surface area (Å²) in [6, 6.07) is 6.29. The molecule has 3 rings (SSSR count). The fourth-order valence-electron chi connectivity index (χ4n) is 3.30. The Balaban J connectivity index is 1.67. The first kappa shape index (κ1) is 18.7. The minimum absolute atomic E-state index is 0.474. The van der Waals surface area contributed by atoms with E-state index in [-0.39, 0.29) is 0 Å². The molecule has 1 N–H and O–H groups in total. The van der Waals surface area contributed by atoms with Crippen LogP contribution in [0.1, 0.15) is 25.1 Å². The predicted molar refractivity (Wildman–Crippen MR) is 106 cm³/mol. The maximum Gasteiger partial charge on any atom is 0.180 e. The number of aromatic nitrogens is 3. The quantitative estimate of drug-likeness (QED) is 0.860. The number of rotatable bonds is 6. The van der Waals surface area contributed by atoms with E-state index in [1.165, 1.54) is 0 Å². The molecule has 1 aliphatic heterocycles. The Hall–Kier alpha value is -2.05. The highest BCUT2D eigenvalue weighted by atomic mass is 15.3. The van der Waals surface area contributed by atoms with Gasteiger partial charge in [0.15, 0.2) is 5.82 Å². The van der Waals surface area contributed by atoms with E-state index in [1.807, 2.05) is 25.1 Å². The Morgan fingerprint density at radius 1 is 1.12 bits per heavy atom. The Labute approximate surface area is 156 Å². The number of nitrogens with zero attached hydrogens (tertiary/aromatic N) is 5. The second-order valence-electron chi connectivity index (χ2n) is 7.02. The first-order valence-electron chi connectivity index (χ1n) is 9.55. The lowest BCUT2D eigenvalue weighted by Crippen LogP contribution is -2.51. The number of aryl methyl sites for hydroxylation is 1. The Kier molecular flexibility index (Phi) is 6.16. The maximum absolute atomic E-state index is 4.73. The van der Waals surface area contributed by atoms with Crippen molar-refractivity contribution < 1.29 is 0 Å². The molecule has 0 spiro atoms. The average molecular weight is 355 g/mol. The third kappa shape index (κ3) is 4.37. The van der Waals surface area contributed by atoms with Crippen LogP contribution < -0.4 is 5.32 Å². The van der Waals surface area contributed by atoms with Crippen LogP contribution in [0.25, 0.3) is 11.5 Å². The second kappa shape index (κ2) is 8.56. The van der Waals surface area contributed by atoms with Crippen LogP contribution in [0.5, 0.6) is 0 Å². The summed E-state index contributed by atoms with van der Waals surface area (Å²) in [6.07, 6.45) is 1.78. The molecule has 3 heterocycles. The van der Waals surface area contributed by atoms with Gasteiger partial charge in [0.1, 0.15) is 11.5 Å². The van der Waals surface area contributed by atoms with E-state index in [2.05, 4.69) is 45.9 Å². The Bertz CT molecular complexity index is 710. The molecule has 26 heavy (non-hydrogen) atoms. The molecule has 2 aromatic heterocycles. The zero-order valence-corrected chi connectivity index (χ0v) is 16.4. The summed E-state index contributed by atoms with van der Waals surface area (Å²) in [5.74, 6) is 1.60. The molecule has 6 heteroatoms. The third-order valence-corrected chi connectivity index (χ3v) is 5.33. The smallest absolute Gasteiger partial charge is 0.180 e. The van der Waals surface area contributed by atoms with Crippen LogP contribution in [-0.2, 0) is 0 Å². The lowest BCUT2D eigenvalue weighted by atomic mass is 10.2. The SMILES string of the molecule is CCN1CCN(C(C)CNc2nc(-c3ccccn3)nc(C)c2C)CC1. The molecule has 0 bridgehead atoms. The number of likely N-dealkylation sites (N-methyl/N-ethyl adjacent to an activating group) is 1. The maximum atomic E-state index is 4.73. The molecule has 2 aromatic rings. The summed E-state index contributed by atoms with van der Waals surface area (Å²) in [7, 11) is 0. The monoisotopic (exact) mass is 354 g/mol. The molecule has 140 valence electrons. The second-order valence-corrected chi connectivity index (χ2v) is 7.02. The van der Waals surface area contributed by atoms with Crippen LogP contribution in [0, 0.1) is 13.8 Å². The Morgan fingerprint density at radius 3 is 2.54 bits per heavy atom. The van der Waals surface area contributed by atoms with E-state index in [0.717, 1.165) is 62.0 Å². The van der Waals surface area contributed by atoms with Gasteiger partial charge in [-0.3, -0.25) is 9.88 Å². The number of hydrogen-bond acceptors (Lipinski definition) is 6. The van der Waals surface area contributed by atoms with Crippen molar-refractivity contribution in [2.24, 2.45) is 0 Å². The van der Waals surface area contributed by atoms with Crippen molar-refractivity contribution in [1.82, 2.24) is 24.8 Å². The number of anilines is 1. The van der Waals surface area contributed by atoms with Crippen LogP contribution in [0.4, 0.5) is 5.82 Å². The summed E-state index contributed by atoms with van der Waals surface area (Å²) in [5, 5.41) is 3.55. The van der Waals surface area contributed by atoms with E-state index < -0.39 is 0 Å². The van der Waals surface area contributed by atoms with E-state index in [1.54, 1.807) is 6.20 Å². The van der Waals surface area contributed by atoms with Crippen molar-refractivity contribution >= 4 is 5.82 Å². The fourth-order valence-corrected chi connectivity index (χ4v) is 3.30. The molecule has 0 saturated carbocycles. The first-order valence-corrected chi connectivity index (χ1v) is 9.55. The molecule has 6 nitrogen and oxygen atoms in total. The van der Waals surface area contributed by atoms with E-state index in [9.17, 15) is 0 Å². The van der Waals surface area contributed by atoms with Crippen LogP contribution in [-0.4, -0.2) is 70.1 Å². The topological polar surface area (TPSA) is 57.2 Å². The molecule has 0 aliphatic carbocycles. The third-order valence-electron chi connectivity index (χ3n) is 5.33. The van der Waals surface area contributed by atoms with Crippen molar-refractivity contribution in [2.75, 3.05) is 44.6 Å². The predicted octanol–water partition coefficient (Wildman–Crippen LogP) is 2.59. The van der Waals surface area contributed by atoms with Gasteiger partial charge in [-0.2, -0.15) is 0 Å². The van der Waals surface area contributed by atoms with Crippen molar-refractivity contribution in [3.05, 3.63) is 35.7 Å². The average Bonchev–Trinajstić information content (AvgIpc) is 2.69. The summed E-state index contributed by atoms with van der Waals surface area (Å²) < 4.78 is 0. The molecular formula is C20H30N6. The minimum atomic E-state index is 0.474. The van der Waals surface area contributed by atoms with E-state index >= 15 is 0 Å². The zero-order chi connectivity index (χ0) is 18.5. The van der Waals surface area contributed by atoms with E-state index in [4.69, 9.17) is 4.98 Å². The van der Waals surface area contributed by atoms with Gasteiger partial charge in [-0.1, -0.05) is 13.0 Å². The molecule has 0 aromatic carbocycles.